The quantitative estimate of drug-likeness (QED) is 0.397. The molecule has 1 aliphatic rings. The first-order valence-corrected chi connectivity index (χ1v) is 13.9. The molecule has 3 heterocycles. The lowest BCUT2D eigenvalue weighted by Crippen LogP contribution is -2.32. The van der Waals surface area contributed by atoms with E-state index in [-0.39, 0.29) is 5.43 Å². The second kappa shape index (κ2) is 13.8. The number of fused-ring (bicyclic) bond motifs is 1. The first-order valence-electron chi connectivity index (χ1n) is 13.9. The van der Waals surface area contributed by atoms with Crippen molar-refractivity contribution in [3.05, 3.63) is 27.9 Å². The zero-order chi connectivity index (χ0) is 25.2. The van der Waals surface area contributed by atoms with E-state index in [9.17, 15) is 4.79 Å². The standard InChI is InChI=1S/C28H48N6O/c1-6-9-11-15-31(5)18-14-29-25-22-24(35)27-23(4)21-26(33-16-12-10-13-17-33)30-28(27)34(25)20-19-32(7-2)8-3/h21-22,29H,6-20H2,1-5H3. The van der Waals surface area contributed by atoms with Crippen LogP contribution in [0.15, 0.2) is 16.9 Å². The molecule has 0 saturated carbocycles. The number of pyridine rings is 2. The number of hydrogen-bond acceptors (Lipinski definition) is 6. The van der Waals surface area contributed by atoms with Gasteiger partial charge in [0.05, 0.1) is 5.39 Å². The van der Waals surface area contributed by atoms with Crippen molar-refractivity contribution in [1.82, 2.24) is 19.4 Å². The summed E-state index contributed by atoms with van der Waals surface area (Å²) in [6, 6.07) is 3.90. The smallest absolute Gasteiger partial charge is 0.193 e. The molecule has 2 aromatic heterocycles. The van der Waals surface area contributed by atoms with E-state index in [0.29, 0.717) is 0 Å². The predicted molar refractivity (Wildman–Crippen MR) is 150 cm³/mol. The van der Waals surface area contributed by atoms with Crippen molar-refractivity contribution in [1.29, 1.82) is 0 Å². The van der Waals surface area contributed by atoms with Crippen molar-refractivity contribution in [2.45, 2.75) is 72.8 Å². The van der Waals surface area contributed by atoms with Crippen molar-refractivity contribution in [3.8, 4) is 0 Å². The zero-order valence-corrected chi connectivity index (χ0v) is 22.9. The Hall–Kier alpha value is -2.12. The minimum atomic E-state index is 0.0630. The molecule has 35 heavy (non-hydrogen) atoms. The Balaban J connectivity index is 1.92. The normalized spacial score (nSPS) is 14.4. The fourth-order valence-electron chi connectivity index (χ4n) is 5.08. The lowest BCUT2D eigenvalue weighted by molar-refractivity contribution is 0.292. The number of unbranched alkanes of at least 4 members (excludes halogenated alkanes) is 2. The van der Waals surface area contributed by atoms with Crippen molar-refractivity contribution in [2.24, 2.45) is 0 Å². The van der Waals surface area contributed by atoms with Crippen LogP contribution in [0.2, 0.25) is 0 Å². The minimum absolute atomic E-state index is 0.0630. The van der Waals surface area contributed by atoms with Gasteiger partial charge in [-0.05, 0) is 70.9 Å². The van der Waals surface area contributed by atoms with Gasteiger partial charge in [-0.2, -0.15) is 0 Å². The highest BCUT2D eigenvalue weighted by Gasteiger charge is 2.18. The molecular formula is C28H48N6O. The molecule has 3 rings (SSSR count). The van der Waals surface area contributed by atoms with Gasteiger partial charge in [0.25, 0.3) is 0 Å². The molecule has 0 spiro atoms. The summed E-state index contributed by atoms with van der Waals surface area (Å²) in [4.78, 5) is 25.6. The highest BCUT2D eigenvalue weighted by Crippen LogP contribution is 2.25. The molecule has 0 aromatic carbocycles. The van der Waals surface area contributed by atoms with Gasteiger partial charge in [0, 0.05) is 45.3 Å². The van der Waals surface area contributed by atoms with E-state index in [1.807, 2.05) is 0 Å². The predicted octanol–water partition coefficient (Wildman–Crippen LogP) is 4.57. The average Bonchev–Trinajstić information content (AvgIpc) is 2.86. The van der Waals surface area contributed by atoms with Crippen LogP contribution in [0.5, 0.6) is 0 Å². The van der Waals surface area contributed by atoms with Crippen LogP contribution in [-0.4, -0.2) is 78.8 Å². The highest BCUT2D eigenvalue weighted by molar-refractivity contribution is 5.83. The molecule has 0 amide bonds. The minimum Gasteiger partial charge on any atom is -0.370 e. The van der Waals surface area contributed by atoms with Gasteiger partial charge in [0.15, 0.2) is 5.43 Å². The van der Waals surface area contributed by atoms with Gasteiger partial charge < -0.3 is 24.6 Å². The molecule has 1 fully saturated rings. The number of hydrogen-bond donors (Lipinski definition) is 1. The van der Waals surface area contributed by atoms with Gasteiger partial charge in [0.1, 0.15) is 17.3 Å². The Labute approximate surface area is 212 Å². The number of nitrogens with one attached hydrogen (secondary N) is 1. The third-order valence-corrected chi connectivity index (χ3v) is 7.40. The van der Waals surface area contributed by atoms with Crippen LogP contribution in [0.1, 0.15) is 64.9 Å². The van der Waals surface area contributed by atoms with Crippen LogP contribution in [0.25, 0.3) is 11.0 Å². The third-order valence-electron chi connectivity index (χ3n) is 7.40. The van der Waals surface area contributed by atoms with Crippen LogP contribution in [0.3, 0.4) is 0 Å². The number of aryl methyl sites for hydroxylation is 1. The van der Waals surface area contributed by atoms with Crippen LogP contribution >= 0.6 is 0 Å². The van der Waals surface area contributed by atoms with Gasteiger partial charge in [-0.15, -0.1) is 0 Å². The molecule has 0 bridgehead atoms. The third kappa shape index (κ3) is 7.43. The van der Waals surface area contributed by atoms with E-state index in [2.05, 4.69) is 65.4 Å². The molecule has 1 N–H and O–H groups in total. The largest absolute Gasteiger partial charge is 0.370 e. The number of aromatic nitrogens is 2. The summed E-state index contributed by atoms with van der Waals surface area (Å²) in [7, 11) is 2.18. The molecule has 196 valence electrons. The van der Waals surface area contributed by atoms with Crippen molar-refractivity contribution in [3.63, 3.8) is 0 Å². The van der Waals surface area contributed by atoms with Crippen LogP contribution in [0.4, 0.5) is 11.6 Å². The summed E-state index contributed by atoms with van der Waals surface area (Å²) in [6.07, 6.45) is 7.46. The summed E-state index contributed by atoms with van der Waals surface area (Å²) in [6.45, 7) is 17.5. The lowest BCUT2D eigenvalue weighted by atomic mass is 10.1. The molecule has 2 aromatic rings. The summed E-state index contributed by atoms with van der Waals surface area (Å²) in [5.41, 5.74) is 1.91. The number of nitrogens with zero attached hydrogens (tertiary/aromatic N) is 5. The maximum atomic E-state index is 13.3. The Morgan fingerprint density at radius 3 is 2.43 bits per heavy atom. The fraction of sp³-hybridized carbons (Fsp3) is 0.714. The number of piperidine rings is 1. The molecule has 0 atom stereocenters. The van der Waals surface area contributed by atoms with Crippen molar-refractivity contribution in [2.75, 3.05) is 69.6 Å². The first kappa shape index (κ1) is 27.5. The molecular weight excluding hydrogens is 436 g/mol. The molecule has 0 radical (unpaired) electrons. The van der Waals surface area contributed by atoms with Crippen molar-refractivity contribution >= 4 is 22.7 Å². The van der Waals surface area contributed by atoms with Gasteiger partial charge in [-0.25, -0.2) is 4.98 Å². The van der Waals surface area contributed by atoms with Crippen LogP contribution in [-0.2, 0) is 6.54 Å². The van der Waals surface area contributed by atoms with Crippen LogP contribution < -0.4 is 15.6 Å². The van der Waals surface area contributed by atoms with E-state index in [1.165, 1.54) is 38.5 Å². The molecule has 1 saturated heterocycles. The van der Waals surface area contributed by atoms with Gasteiger partial charge >= 0.3 is 0 Å². The maximum Gasteiger partial charge on any atom is 0.193 e. The summed E-state index contributed by atoms with van der Waals surface area (Å²) in [5.74, 6) is 1.90. The average molecular weight is 485 g/mol. The van der Waals surface area contributed by atoms with E-state index >= 15 is 0 Å². The second-order valence-electron chi connectivity index (χ2n) is 10.1. The van der Waals surface area contributed by atoms with Gasteiger partial charge in [-0.3, -0.25) is 4.79 Å². The fourth-order valence-corrected chi connectivity index (χ4v) is 5.08. The summed E-state index contributed by atoms with van der Waals surface area (Å²) >= 11 is 0. The molecule has 1 aliphatic heterocycles. The second-order valence-corrected chi connectivity index (χ2v) is 10.1. The monoisotopic (exact) mass is 484 g/mol. The Bertz CT molecular complexity index is 978. The number of rotatable bonds is 14. The van der Waals surface area contributed by atoms with Crippen molar-refractivity contribution < 1.29 is 0 Å². The first-order chi connectivity index (χ1) is 17.0. The SMILES string of the molecule is CCCCCN(C)CCNc1cc(=O)c2c(C)cc(N3CCCCC3)nc2n1CCN(CC)CC. The summed E-state index contributed by atoms with van der Waals surface area (Å²) in [5, 5.41) is 4.35. The highest BCUT2D eigenvalue weighted by atomic mass is 16.1. The number of likely N-dealkylation sites (N-methyl/N-ethyl adjacent to an activating group) is 2. The lowest BCUT2D eigenvalue weighted by Gasteiger charge is -2.29. The maximum absolute atomic E-state index is 13.3. The molecule has 7 nitrogen and oxygen atoms in total. The number of anilines is 2. The van der Waals surface area contributed by atoms with E-state index in [1.54, 1.807) is 6.07 Å². The Kier molecular flexibility index (Phi) is 10.9. The molecule has 7 heteroatoms. The van der Waals surface area contributed by atoms with Gasteiger partial charge in [0.2, 0.25) is 0 Å². The molecule has 0 aliphatic carbocycles. The Morgan fingerprint density at radius 1 is 1.00 bits per heavy atom. The van der Waals surface area contributed by atoms with E-state index in [4.69, 9.17) is 4.98 Å². The van der Waals surface area contributed by atoms with Crippen LogP contribution in [0, 0.1) is 6.92 Å². The Morgan fingerprint density at radius 2 is 1.74 bits per heavy atom. The van der Waals surface area contributed by atoms with E-state index in [0.717, 1.165) is 87.1 Å². The van der Waals surface area contributed by atoms with E-state index < -0.39 is 0 Å². The summed E-state index contributed by atoms with van der Waals surface area (Å²) < 4.78 is 2.26. The zero-order valence-electron chi connectivity index (χ0n) is 22.9. The topological polar surface area (TPSA) is 56.6 Å². The van der Waals surface area contributed by atoms with Gasteiger partial charge in [-0.1, -0.05) is 33.6 Å². The molecule has 0 unspecified atom stereocenters.